The van der Waals surface area contributed by atoms with E-state index in [4.69, 9.17) is 0 Å². The fourth-order valence-corrected chi connectivity index (χ4v) is 5.33. The summed E-state index contributed by atoms with van der Waals surface area (Å²) in [6.45, 7) is 9.34. The molecule has 1 aliphatic rings. The number of thioether (sulfide) groups is 1. The van der Waals surface area contributed by atoms with Crippen molar-refractivity contribution in [2.75, 3.05) is 31.9 Å². The van der Waals surface area contributed by atoms with Crippen LogP contribution in [0.1, 0.15) is 18.1 Å². The van der Waals surface area contributed by atoms with Crippen LogP contribution in [0, 0.1) is 6.92 Å². The average Bonchev–Trinajstić information content (AvgIpc) is 3.42. The fraction of sp³-hybridized carbons (Fsp3) is 0.409. The normalized spacial score (nSPS) is 14.9. The number of thiophene rings is 1. The van der Waals surface area contributed by atoms with E-state index in [1.165, 1.54) is 22.9 Å². The number of nitrogens with zero attached hydrogens (tertiary/aromatic N) is 5. The number of aryl methyl sites for hydroxylation is 1. The van der Waals surface area contributed by atoms with Gasteiger partial charge in [0, 0.05) is 39.3 Å². The van der Waals surface area contributed by atoms with Crippen molar-refractivity contribution in [3.05, 3.63) is 52.9 Å². The molecule has 0 spiro atoms. The first-order chi connectivity index (χ1) is 14.6. The van der Waals surface area contributed by atoms with Crippen LogP contribution in [0.2, 0.25) is 0 Å². The molecular formula is C22H27N5OS2. The molecule has 1 fully saturated rings. The Labute approximate surface area is 185 Å². The molecule has 3 heterocycles. The van der Waals surface area contributed by atoms with Crippen LogP contribution in [0.25, 0.3) is 10.7 Å². The lowest BCUT2D eigenvalue weighted by Crippen LogP contribution is -2.48. The fourth-order valence-electron chi connectivity index (χ4n) is 3.71. The van der Waals surface area contributed by atoms with Crippen LogP contribution in [0.3, 0.4) is 0 Å². The third-order valence-electron chi connectivity index (χ3n) is 5.31. The first-order valence-corrected chi connectivity index (χ1v) is 12.2. The van der Waals surface area contributed by atoms with Gasteiger partial charge in [0.05, 0.1) is 10.6 Å². The molecule has 2 aromatic heterocycles. The van der Waals surface area contributed by atoms with Crippen LogP contribution >= 0.6 is 23.1 Å². The van der Waals surface area contributed by atoms with E-state index in [0.717, 1.165) is 55.1 Å². The van der Waals surface area contributed by atoms with Gasteiger partial charge in [-0.15, -0.1) is 21.5 Å². The highest BCUT2D eigenvalue weighted by Gasteiger charge is 2.22. The Hall–Kier alpha value is -2.16. The number of hydrogen-bond donors (Lipinski definition) is 0. The first kappa shape index (κ1) is 21.1. The Bertz CT molecular complexity index is 977. The van der Waals surface area contributed by atoms with Crippen molar-refractivity contribution in [2.45, 2.75) is 32.1 Å². The molecule has 0 saturated carbocycles. The maximum atomic E-state index is 12.7. The number of rotatable bonds is 7. The lowest BCUT2D eigenvalue weighted by atomic mass is 10.1. The van der Waals surface area contributed by atoms with Gasteiger partial charge in [-0.25, -0.2) is 0 Å². The molecule has 0 atom stereocenters. The third kappa shape index (κ3) is 4.94. The zero-order valence-corrected chi connectivity index (χ0v) is 19.1. The second-order valence-corrected chi connectivity index (χ2v) is 9.35. The number of amides is 1. The maximum Gasteiger partial charge on any atom is 0.233 e. The Balaban J connectivity index is 1.28. The van der Waals surface area contributed by atoms with Crippen LogP contribution in [0.4, 0.5) is 0 Å². The predicted molar refractivity (Wildman–Crippen MR) is 123 cm³/mol. The van der Waals surface area contributed by atoms with Gasteiger partial charge in [0.2, 0.25) is 5.91 Å². The van der Waals surface area contributed by atoms with Gasteiger partial charge in [-0.2, -0.15) is 0 Å². The van der Waals surface area contributed by atoms with Crippen LogP contribution in [0.15, 0.2) is 46.9 Å². The van der Waals surface area contributed by atoms with E-state index in [2.05, 4.69) is 63.8 Å². The summed E-state index contributed by atoms with van der Waals surface area (Å²) in [5.41, 5.74) is 2.63. The van der Waals surface area contributed by atoms with Gasteiger partial charge in [-0.05, 0) is 30.9 Å². The van der Waals surface area contributed by atoms with Crippen LogP contribution < -0.4 is 0 Å². The zero-order chi connectivity index (χ0) is 20.9. The Morgan fingerprint density at radius 1 is 1.13 bits per heavy atom. The first-order valence-electron chi connectivity index (χ1n) is 10.3. The van der Waals surface area contributed by atoms with E-state index in [-0.39, 0.29) is 5.91 Å². The van der Waals surface area contributed by atoms with Crippen molar-refractivity contribution < 1.29 is 4.79 Å². The zero-order valence-electron chi connectivity index (χ0n) is 17.5. The van der Waals surface area contributed by atoms with Crippen LogP contribution in [-0.2, 0) is 17.9 Å². The molecular weight excluding hydrogens is 414 g/mol. The smallest absolute Gasteiger partial charge is 0.233 e. The van der Waals surface area contributed by atoms with Gasteiger partial charge in [0.1, 0.15) is 0 Å². The van der Waals surface area contributed by atoms with Crippen molar-refractivity contribution >= 4 is 29.0 Å². The molecule has 0 radical (unpaired) electrons. The van der Waals surface area contributed by atoms with E-state index in [1.807, 2.05) is 16.3 Å². The summed E-state index contributed by atoms with van der Waals surface area (Å²) in [5.74, 6) is 1.46. The number of carbonyl (C=O) groups excluding carboxylic acids is 1. The number of hydrogen-bond acceptors (Lipinski definition) is 6. The van der Waals surface area contributed by atoms with Crippen molar-refractivity contribution in [2.24, 2.45) is 0 Å². The maximum absolute atomic E-state index is 12.7. The molecule has 6 nitrogen and oxygen atoms in total. The van der Waals surface area contributed by atoms with Gasteiger partial charge in [0.15, 0.2) is 11.0 Å². The van der Waals surface area contributed by atoms with Crippen molar-refractivity contribution in [1.82, 2.24) is 24.6 Å². The van der Waals surface area contributed by atoms with Gasteiger partial charge in [0.25, 0.3) is 0 Å². The minimum Gasteiger partial charge on any atom is -0.339 e. The Morgan fingerprint density at radius 3 is 2.67 bits per heavy atom. The van der Waals surface area contributed by atoms with Crippen LogP contribution in [-0.4, -0.2) is 62.4 Å². The van der Waals surface area contributed by atoms with E-state index >= 15 is 0 Å². The summed E-state index contributed by atoms with van der Waals surface area (Å²) in [6, 6.07) is 12.7. The highest BCUT2D eigenvalue weighted by Crippen LogP contribution is 2.27. The van der Waals surface area contributed by atoms with Crippen LogP contribution in [0.5, 0.6) is 0 Å². The average molecular weight is 442 g/mol. The highest BCUT2D eigenvalue weighted by molar-refractivity contribution is 7.99. The standard InChI is InChI=1S/C22H27N5OS2/c1-3-27-21(19-8-5-13-29-19)23-24-22(27)30-16-20(28)26-11-9-25(10-12-26)15-18-7-4-6-17(2)14-18/h4-8,13-14H,3,9-12,15-16H2,1-2H3. The lowest BCUT2D eigenvalue weighted by molar-refractivity contribution is -0.130. The molecule has 4 rings (SSSR count). The number of benzene rings is 1. The monoisotopic (exact) mass is 441 g/mol. The van der Waals surface area contributed by atoms with Gasteiger partial charge >= 0.3 is 0 Å². The molecule has 1 aliphatic heterocycles. The molecule has 158 valence electrons. The van der Waals surface area contributed by atoms with Gasteiger partial charge in [-0.3, -0.25) is 9.69 Å². The molecule has 0 bridgehead atoms. The molecule has 0 aliphatic carbocycles. The summed E-state index contributed by atoms with van der Waals surface area (Å²) in [4.78, 5) is 18.3. The topological polar surface area (TPSA) is 54.3 Å². The molecule has 1 saturated heterocycles. The Morgan fingerprint density at radius 2 is 1.97 bits per heavy atom. The molecule has 0 N–H and O–H groups in total. The minimum absolute atomic E-state index is 0.179. The summed E-state index contributed by atoms with van der Waals surface area (Å²) >= 11 is 3.14. The molecule has 1 aromatic carbocycles. The summed E-state index contributed by atoms with van der Waals surface area (Å²) in [7, 11) is 0. The second-order valence-electron chi connectivity index (χ2n) is 7.46. The van der Waals surface area contributed by atoms with E-state index in [0.29, 0.717) is 5.75 Å². The summed E-state index contributed by atoms with van der Waals surface area (Å²) in [6.07, 6.45) is 0. The molecule has 8 heteroatoms. The molecule has 0 unspecified atom stereocenters. The van der Waals surface area contributed by atoms with Crippen molar-refractivity contribution in [3.63, 3.8) is 0 Å². The molecule has 1 amide bonds. The van der Waals surface area contributed by atoms with Crippen molar-refractivity contribution in [3.8, 4) is 10.7 Å². The number of aromatic nitrogens is 3. The lowest BCUT2D eigenvalue weighted by Gasteiger charge is -2.34. The van der Waals surface area contributed by atoms with Gasteiger partial charge in [-0.1, -0.05) is 47.7 Å². The SMILES string of the molecule is CCn1c(SCC(=O)N2CCN(Cc3cccc(C)c3)CC2)nnc1-c1cccs1. The second kappa shape index (κ2) is 9.76. The molecule has 3 aromatic rings. The predicted octanol–water partition coefficient (Wildman–Crippen LogP) is 3.77. The van der Waals surface area contributed by atoms with Crippen molar-refractivity contribution in [1.29, 1.82) is 0 Å². The summed E-state index contributed by atoms with van der Waals surface area (Å²) < 4.78 is 2.09. The number of carbonyl (C=O) groups is 1. The Kier molecular flexibility index (Phi) is 6.86. The van der Waals surface area contributed by atoms with Gasteiger partial charge < -0.3 is 9.47 Å². The highest BCUT2D eigenvalue weighted by atomic mass is 32.2. The van der Waals surface area contributed by atoms with E-state index < -0.39 is 0 Å². The minimum atomic E-state index is 0.179. The molecule has 30 heavy (non-hydrogen) atoms. The summed E-state index contributed by atoms with van der Waals surface area (Å²) in [5, 5.41) is 11.5. The third-order valence-corrected chi connectivity index (χ3v) is 7.13. The van der Waals surface area contributed by atoms with E-state index in [1.54, 1.807) is 11.3 Å². The number of piperazine rings is 1. The largest absolute Gasteiger partial charge is 0.339 e. The quantitative estimate of drug-likeness (QED) is 0.523. The van der Waals surface area contributed by atoms with E-state index in [9.17, 15) is 4.79 Å².